The lowest BCUT2D eigenvalue weighted by Gasteiger charge is -2.25. The fourth-order valence-electron chi connectivity index (χ4n) is 3.79. The van der Waals surface area contributed by atoms with Crippen LogP contribution in [0.15, 0.2) is 29.2 Å². The first-order valence-corrected chi connectivity index (χ1v) is 10.7. The molecule has 1 aliphatic heterocycles. The molecule has 1 aromatic carbocycles. The second kappa shape index (κ2) is 9.42. The number of hydrogen-bond donors (Lipinski definition) is 1. The summed E-state index contributed by atoms with van der Waals surface area (Å²) in [5.74, 6) is 0.738. The number of imide groups is 1. The van der Waals surface area contributed by atoms with Crippen LogP contribution in [0.4, 0.5) is 0 Å². The molecule has 6 heteroatoms. The third kappa shape index (κ3) is 4.38. The lowest BCUT2D eigenvalue weighted by Crippen LogP contribution is -2.40. The number of benzene rings is 1. The number of carbonyl (C=O) groups is 2. The summed E-state index contributed by atoms with van der Waals surface area (Å²) >= 11 is 1.27. The van der Waals surface area contributed by atoms with Crippen molar-refractivity contribution < 1.29 is 19.4 Å². The zero-order valence-corrected chi connectivity index (χ0v) is 16.6. The van der Waals surface area contributed by atoms with Gasteiger partial charge >= 0.3 is 0 Å². The van der Waals surface area contributed by atoms with Gasteiger partial charge in [-0.1, -0.05) is 37.8 Å². The minimum atomic E-state index is -0.200. The Morgan fingerprint density at radius 2 is 1.74 bits per heavy atom. The number of aliphatic hydroxyl groups is 1. The molecule has 1 fully saturated rings. The van der Waals surface area contributed by atoms with Crippen LogP contribution in [0, 0.1) is 0 Å². The quantitative estimate of drug-likeness (QED) is 0.570. The monoisotopic (exact) mass is 389 g/mol. The predicted octanol–water partition coefficient (Wildman–Crippen LogP) is 3.61. The van der Waals surface area contributed by atoms with Crippen LogP contribution in [0.1, 0.15) is 51.0 Å². The van der Waals surface area contributed by atoms with Crippen molar-refractivity contribution in [2.24, 2.45) is 0 Å². The highest BCUT2D eigenvalue weighted by Crippen LogP contribution is 2.39. The summed E-state index contributed by atoms with van der Waals surface area (Å²) in [6, 6.07) is 7.30. The summed E-state index contributed by atoms with van der Waals surface area (Å²) in [5.41, 5.74) is 1.19. The minimum absolute atomic E-state index is 0.0163. The third-order valence-electron chi connectivity index (χ3n) is 5.05. The first-order chi connectivity index (χ1) is 13.2. The first kappa shape index (κ1) is 20.0. The molecule has 2 aliphatic rings. The summed E-state index contributed by atoms with van der Waals surface area (Å²) in [6.07, 6.45) is 6.20. The van der Waals surface area contributed by atoms with Gasteiger partial charge in [0.2, 0.25) is 0 Å². The molecule has 0 aromatic heterocycles. The maximum Gasteiger partial charge on any atom is 0.268 e. The fourth-order valence-corrected chi connectivity index (χ4v) is 4.66. The van der Waals surface area contributed by atoms with Gasteiger partial charge in [0.25, 0.3) is 11.8 Å². The number of carbonyl (C=O) groups excluding carboxylic acids is 2. The van der Waals surface area contributed by atoms with E-state index in [-0.39, 0.29) is 24.5 Å². The zero-order valence-electron chi connectivity index (χ0n) is 15.8. The Bertz CT molecular complexity index is 705. The van der Waals surface area contributed by atoms with Crippen LogP contribution in [0.3, 0.4) is 0 Å². The maximum absolute atomic E-state index is 13.3. The van der Waals surface area contributed by atoms with Crippen molar-refractivity contribution in [3.05, 3.63) is 34.7 Å². The zero-order chi connectivity index (χ0) is 19.2. The van der Waals surface area contributed by atoms with Crippen molar-refractivity contribution in [2.75, 3.05) is 19.0 Å². The van der Waals surface area contributed by atoms with E-state index in [9.17, 15) is 14.7 Å². The lowest BCUT2D eigenvalue weighted by molar-refractivity contribution is -0.139. The van der Waals surface area contributed by atoms with E-state index in [0.29, 0.717) is 22.8 Å². The third-order valence-corrected chi connectivity index (χ3v) is 6.11. The van der Waals surface area contributed by atoms with Crippen molar-refractivity contribution in [1.82, 2.24) is 4.90 Å². The second-order valence-electron chi connectivity index (χ2n) is 6.86. The average Bonchev–Trinajstić information content (AvgIpc) is 2.85. The smallest absolute Gasteiger partial charge is 0.268 e. The van der Waals surface area contributed by atoms with E-state index < -0.39 is 0 Å². The van der Waals surface area contributed by atoms with Crippen LogP contribution in [-0.4, -0.2) is 46.8 Å². The number of hydrogen-bond acceptors (Lipinski definition) is 5. The Kier molecular flexibility index (Phi) is 6.96. The number of aliphatic hydroxyl groups excluding tert-OH is 1. The molecule has 1 N–H and O–H groups in total. The van der Waals surface area contributed by atoms with Crippen molar-refractivity contribution in [3.8, 4) is 5.75 Å². The molecular formula is C21H27NO4S. The molecule has 2 amide bonds. The van der Waals surface area contributed by atoms with E-state index in [2.05, 4.69) is 0 Å². The van der Waals surface area contributed by atoms with Gasteiger partial charge in [0.05, 0.1) is 23.7 Å². The molecule has 3 rings (SSSR count). The molecule has 0 bridgehead atoms. The Labute approximate surface area is 164 Å². The predicted molar refractivity (Wildman–Crippen MR) is 107 cm³/mol. The standard InChI is InChI=1S/C21H27NO4S/c1-2-26-17-11-9-15(10-12-17)18-19(27-14-13-23)21(25)22(20(18)24)16-7-5-3-4-6-8-16/h9-12,16,23H,2-8,13-14H2,1H3. The molecule has 1 aromatic rings. The molecule has 1 heterocycles. The van der Waals surface area contributed by atoms with E-state index in [1.807, 2.05) is 31.2 Å². The summed E-state index contributed by atoms with van der Waals surface area (Å²) in [6.45, 7) is 2.46. The SMILES string of the molecule is CCOc1ccc(C2=C(SCCO)C(=O)N(C3CCCCCC3)C2=O)cc1. The van der Waals surface area contributed by atoms with E-state index >= 15 is 0 Å². The van der Waals surface area contributed by atoms with Crippen molar-refractivity contribution >= 4 is 29.1 Å². The molecule has 146 valence electrons. The van der Waals surface area contributed by atoms with E-state index in [1.165, 1.54) is 16.7 Å². The lowest BCUT2D eigenvalue weighted by atomic mass is 10.0. The topological polar surface area (TPSA) is 66.8 Å². The van der Waals surface area contributed by atoms with Gasteiger partial charge in [0, 0.05) is 11.8 Å². The molecule has 1 aliphatic carbocycles. The van der Waals surface area contributed by atoms with Gasteiger partial charge in [0.1, 0.15) is 5.75 Å². The highest BCUT2D eigenvalue weighted by molar-refractivity contribution is 8.04. The van der Waals surface area contributed by atoms with Crippen molar-refractivity contribution in [2.45, 2.75) is 51.5 Å². The molecule has 1 saturated carbocycles. The number of thioether (sulfide) groups is 1. The number of nitrogens with zero attached hydrogens (tertiary/aromatic N) is 1. The summed E-state index contributed by atoms with van der Waals surface area (Å²) in [5, 5.41) is 9.21. The maximum atomic E-state index is 13.3. The van der Waals surface area contributed by atoms with Crippen LogP contribution in [0.2, 0.25) is 0 Å². The molecule has 0 saturated heterocycles. The van der Waals surface area contributed by atoms with Crippen LogP contribution in [0.5, 0.6) is 5.75 Å². The molecule has 0 spiro atoms. The Morgan fingerprint density at radius 1 is 1.07 bits per heavy atom. The fraction of sp³-hybridized carbons (Fsp3) is 0.524. The number of rotatable bonds is 7. The van der Waals surface area contributed by atoms with Crippen LogP contribution in [-0.2, 0) is 9.59 Å². The minimum Gasteiger partial charge on any atom is -0.494 e. The van der Waals surface area contributed by atoms with Gasteiger partial charge in [-0.25, -0.2) is 0 Å². The van der Waals surface area contributed by atoms with Gasteiger partial charge in [-0.05, 0) is 37.5 Å². The Balaban J connectivity index is 1.92. The van der Waals surface area contributed by atoms with Crippen LogP contribution in [0.25, 0.3) is 5.57 Å². The van der Waals surface area contributed by atoms with E-state index in [0.717, 1.165) is 49.8 Å². The largest absolute Gasteiger partial charge is 0.494 e. The molecular weight excluding hydrogens is 362 g/mol. The molecule has 0 unspecified atom stereocenters. The van der Waals surface area contributed by atoms with Gasteiger partial charge in [-0.15, -0.1) is 11.8 Å². The Hall–Kier alpha value is -1.79. The molecule has 27 heavy (non-hydrogen) atoms. The van der Waals surface area contributed by atoms with Crippen molar-refractivity contribution in [1.29, 1.82) is 0 Å². The van der Waals surface area contributed by atoms with Gasteiger partial charge in [0.15, 0.2) is 0 Å². The average molecular weight is 390 g/mol. The van der Waals surface area contributed by atoms with Crippen LogP contribution >= 0.6 is 11.8 Å². The number of ether oxygens (including phenoxy) is 1. The van der Waals surface area contributed by atoms with E-state index in [1.54, 1.807) is 0 Å². The van der Waals surface area contributed by atoms with Gasteiger partial charge in [-0.3, -0.25) is 14.5 Å². The normalized spacial score (nSPS) is 19.0. The second-order valence-corrected chi connectivity index (χ2v) is 7.96. The summed E-state index contributed by atoms with van der Waals surface area (Å²) in [4.78, 5) is 28.3. The van der Waals surface area contributed by atoms with Gasteiger partial charge < -0.3 is 9.84 Å². The number of amides is 2. The van der Waals surface area contributed by atoms with Gasteiger partial charge in [-0.2, -0.15) is 0 Å². The molecule has 5 nitrogen and oxygen atoms in total. The van der Waals surface area contributed by atoms with E-state index in [4.69, 9.17) is 4.74 Å². The summed E-state index contributed by atoms with van der Waals surface area (Å²) < 4.78 is 5.48. The molecule has 0 radical (unpaired) electrons. The van der Waals surface area contributed by atoms with Crippen molar-refractivity contribution in [3.63, 3.8) is 0 Å². The highest BCUT2D eigenvalue weighted by Gasteiger charge is 2.42. The Morgan fingerprint density at radius 3 is 2.33 bits per heavy atom. The van der Waals surface area contributed by atoms with Crippen LogP contribution < -0.4 is 4.74 Å². The molecule has 0 atom stereocenters. The highest BCUT2D eigenvalue weighted by atomic mass is 32.2. The first-order valence-electron chi connectivity index (χ1n) is 9.76. The summed E-state index contributed by atoms with van der Waals surface area (Å²) in [7, 11) is 0.